The fourth-order valence-corrected chi connectivity index (χ4v) is 2.09. The average molecular weight is 305 g/mol. The van der Waals surface area contributed by atoms with E-state index in [0.717, 1.165) is 11.8 Å². The number of rotatable bonds is 7. The molecule has 0 bridgehead atoms. The van der Waals surface area contributed by atoms with Crippen LogP contribution in [-0.2, 0) is 15.9 Å². The molecule has 0 radical (unpaired) electrons. The Kier molecular flexibility index (Phi) is 6.27. The Morgan fingerprint density at radius 2 is 1.84 bits per heavy atom. The van der Waals surface area contributed by atoms with Gasteiger partial charge in [-0.05, 0) is 24.1 Å². The number of benzene rings is 1. The standard InChI is InChI=1S/C12H17ClN2O3S/c1-19(17,18)15-8-2-7-14-12(16)11-5-3-10(9-13)4-6-11/h3-6,15H,2,7-9H2,1H3,(H,14,16). The van der Waals surface area contributed by atoms with Crippen molar-refractivity contribution >= 4 is 27.5 Å². The monoisotopic (exact) mass is 304 g/mol. The maximum atomic E-state index is 11.7. The fraction of sp³-hybridized carbons (Fsp3) is 0.417. The second-order valence-corrected chi connectivity index (χ2v) is 6.21. The lowest BCUT2D eigenvalue weighted by Crippen LogP contribution is -2.29. The Morgan fingerprint density at radius 3 is 2.37 bits per heavy atom. The summed E-state index contributed by atoms with van der Waals surface area (Å²) < 4.78 is 24.0. The van der Waals surface area contributed by atoms with Gasteiger partial charge in [-0.1, -0.05) is 12.1 Å². The summed E-state index contributed by atoms with van der Waals surface area (Å²) in [7, 11) is -3.16. The largest absolute Gasteiger partial charge is 0.352 e. The average Bonchev–Trinajstić information content (AvgIpc) is 2.37. The minimum absolute atomic E-state index is 0.180. The highest BCUT2D eigenvalue weighted by Gasteiger charge is 2.04. The van der Waals surface area contributed by atoms with Crippen LogP contribution in [0.3, 0.4) is 0 Å². The van der Waals surface area contributed by atoms with Gasteiger partial charge in [-0.3, -0.25) is 4.79 Å². The first-order valence-corrected chi connectivity index (χ1v) is 8.23. The lowest BCUT2D eigenvalue weighted by molar-refractivity contribution is 0.0953. The van der Waals surface area contributed by atoms with Crippen LogP contribution in [0.25, 0.3) is 0 Å². The van der Waals surface area contributed by atoms with Gasteiger partial charge in [-0.15, -0.1) is 11.6 Å². The van der Waals surface area contributed by atoms with Crippen molar-refractivity contribution in [1.82, 2.24) is 10.0 Å². The van der Waals surface area contributed by atoms with Crippen molar-refractivity contribution < 1.29 is 13.2 Å². The molecular weight excluding hydrogens is 288 g/mol. The van der Waals surface area contributed by atoms with E-state index in [-0.39, 0.29) is 5.91 Å². The number of amides is 1. The van der Waals surface area contributed by atoms with E-state index in [4.69, 9.17) is 11.6 Å². The van der Waals surface area contributed by atoms with Gasteiger partial charge in [0, 0.05) is 24.5 Å². The minimum Gasteiger partial charge on any atom is -0.352 e. The molecule has 106 valence electrons. The summed E-state index contributed by atoms with van der Waals surface area (Å²) >= 11 is 5.66. The first-order chi connectivity index (χ1) is 8.92. The topological polar surface area (TPSA) is 75.3 Å². The number of hydrogen-bond acceptors (Lipinski definition) is 3. The zero-order valence-corrected chi connectivity index (χ0v) is 12.2. The molecule has 1 amide bonds. The highest BCUT2D eigenvalue weighted by molar-refractivity contribution is 7.88. The van der Waals surface area contributed by atoms with Gasteiger partial charge < -0.3 is 5.32 Å². The molecule has 0 saturated heterocycles. The smallest absolute Gasteiger partial charge is 0.251 e. The maximum Gasteiger partial charge on any atom is 0.251 e. The van der Waals surface area contributed by atoms with E-state index < -0.39 is 10.0 Å². The van der Waals surface area contributed by atoms with Crippen LogP contribution >= 0.6 is 11.6 Å². The van der Waals surface area contributed by atoms with Crippen molar-refractivity contribution in [3.05, 3.63) is 35.4 Å². The summed E-state index contributed by atoms with van der Waals surface area (Å²) in [5.41, 5.74) is 1.51. The summed E-state index contributed by atoms with van der Waals surface area (Å²) in [6.45, 7) is 0.725. The molecule has 0 aromatic heterocycles. The molecule has 0 aliphatic carbocycles. The molecule has 1 aromatic rings. The molecule has 2 N–H and O–H groups in total. The molecule has 0 heterocycles. The Labute approximate surface area is 118 Å². The number of nitrogens with one attached hydrogen (secondary N) is 2. The molecule has 1 rings (SSSR count). The van der Waals surface area contributed by atoms with Crippen LogP contribution in [0.2, 0.25) is 0 Å². The highest BCUT2D eigenvalue weighted by Crippen LogP contribution is 2.06. The number of alkyl halides is 1. The van der Waals surface area contributed by atoms with Gasteiger partial charge in [-0.2, -0.15) is 0 Å². The van der Waals surface area contributed by atoms with Crippen molar-refractivity contribution in [2.24, 2.45) is 0 Å². The van der Waals surface area contributed by atoms with E-state index in [1.54, 1.807) is 24.3 Å². The fourth-order valence-electron chi connectivity index (χ4n) is 1.40. The number of halogens is 1. The van der Waals surface area contributed by atoms with E-state index in [9.17, 15) is 13.2 Å². The van der Waals surface area contributed by atoms with E-state index in [1.807, 2.05) is 0 Å². The van der Waals surface area contributed by atoms with Crippen LogP contribution in [0.5, 0.6) is 0 Å². The van der Waals surface area contributed by atoms with Crippen LogP contribution in [0, 0.1) is 0 Å². The molecule has 0 unspecified atom stereocenters. The minimum atomic E-state index is -3.16. The Hall–Kier alpha value is -1.11. The number of hydrogen-bond donors (Lipinski definition) is 2. The molecule has 5 nitrogen and oxygen atoms in total. The second-order valence-electron chi connectivity index (χ2n) is 4.11. The van der Waals surface area contributed by atoms with E-state index >= 15 is 0 Å². The van der Waals surface area contributed by atoms with Crippen molar-refractivity contribution in [2.75, 3.05) is 19.3 Å². The van der Waals surface area contributed by atoms with Gasteiger partial charge >= 0.3 is 0 Å². The maximum absolute atomic E-state index is 11.7. The zero-order valence-electron chi connectivity index (χ0n) is 10.6. The Morgan fingerprint density at radius 1 is 1.21 bits per heavy atom. The molecule has 0 atom stereocenters. The first kappa shape index (κ1) is 15.9. The zero-order chi connectivity index (χ0) is 14.3. The molecule has 0 aliphatic heterocycles. The molecular formula is C12H17ClN2O3S. The Bertz CT molecular complexity index is 514. The van der Waals surface area contributed by atoms with Gasteiger partial charge in [0.05, 0.1) is 6.26 Å². The molecule has 19 heavy (non-hydrogen) atoms. The van der Waals surface area contributed by atoms with Crippen molar-refractivity contribution in [3.63, 3.8) is 0 Å². The van der Waals surface area contributed by atoms with Crippen LogP contribution in [0.15, 0.2) is 24.3 Å². The number of sulfonamides is 1. The van der Waals surface area contributed by atoms with E-state index in [1.165, 1.54) is 0 Å². The normalized spacial score (nSPS) is 11.3. The molecule has 7 heteroatoms. The number of carbonyl (C=O) groups excluding carboxylic acids is 1. The number of carbonyl (C=O) groups is 1. The van der Waals surface area contributed by atoms with Crippen molar-refractivity contribution in [3.8, 4) is 0 Å². The molecule has 0 aliphatic rings. The lowest BCUT2D eigenvalue weighted by atomic mass is 10.1. The van der Waals surface area contributed by atoms with Gasteiger partial charge in [-0.25, -0.2) is 13.1 Å². The highest BCUT2D eigenvalue weighted by atomic mass is 35.5. The third-order valence-corrected chi connectivity index (χ3v) is 3.41. The molecule has 0 fully saturated rings. The van der Waals surface area contributed by atoms with Crippen molar-refractivity contribution in [2.45, 2.75) is 12.3 Å². The predicted molar refractivity (Wildman–Crippen MR) is 75.8 cm³/mol. The molecule has 0 spiro atoms. The van der Waals surface area contributed by atoms with E-state index in [0.29, 0.717) is 31.0 Å². The van der Waals surface area contributed by atoms with Crippen LogP contribution < -0.4 is 10.0 Å². The van der Waals surface area contributed by atoms with E-state index in [2.05, 4.69) is 10.0 Å². The molecule has 1 aromatic carbocycles. The lowest BCUT2D eigenvalue weighted by Gasteiger charge is -2.06. The van der Waals surface area contributed by atoms with Crippen LogP contribution in [-0.4, -0.2) is 33.7 Å². The van der Waals surface area contributed by atoms with Gasteiger partial charge in [0.1, 0.15) is 0 Å². The third-order valence-electron chi connectivity index (χ3n) is 2.37. The summed E-state index contributed by atoms with van der Waals surface area (Å²) in [6.07, 6.45) is 1.64. The molecule has 0 saturated carbocycles. The van der Waals surface area contributed by atoms with Gasteiger partial charge in [0.2, 0.25) is 10.0 Å². The Balaban J connectivity index is 2.31. The van der Waals surface area contributed by atoms with Crippen molar-refractivity contribution in [1.29, 1.82) is 0 Å². The van der Waals surface area contributed by atoms with Crippen LogP contribution in [0.1, 0.15) is 22.3 Å². The predicted octanol–water partition coefficient (Wildman–Crippen LogP) is 1.09. The quantitative estimate of drug-likeness (QED) is 0.585. The summed E-state index contributed by atoms with van der Waals surface area (Å²) in [6, 6.07) is 7.02. The first-order valence-electron chi connectivity index (χ1n) is 5.80. The summed E-state index contributed by atoms with van der Waals surface area (Å²) in [5.74, 6) is 0.236. The van der Waals surface area contributed by atoms with Gasteiger partial charge in [0.15, 0.2) is 0 Å². The van der Waals surface area contributed by atoms with Gasteiger partial charge in [0.25, 0.3) is 5.91 Å². The second kappa shape index (κ2) is 7.47. The third kappa shape index (κ3) is 6.56. The SMILES string of the molecule is CS(=O)(=O)NCCCNC(=O)c1ccc(CCl)cc1. The summed E-state index contributed by atoms with van der Waals surface area (Å²) in [5, 5.41) is 2.72. The summed E-state index contributed by atoms with van der Waals surface area (Å²) in [4.78, 5) is 11.7. The van der Waals surface area contributed by atoms with Crippen LogP contribution in [0.4, 0.5) is 0 Å².